The van der Waals surface area contributed by atoms with Gasteiger partial charge in [-0.05, 0) is 61.8 Å². The molecule has 1 saturated carbocycles. The van der Waals surface area contributed by atoms with E-state index in [0.717, 1.165) is 36.4 Å². The molecule has 0 heterocycles. The van der Waals surface area contributed by atoms with Gasteiger partial charge in [-0.25, -0.2) is 5.43 Å². The normalized spacial score (nSPS) is 21.1. The summed E-state index contributed by atoms with van der Waals surface area (Å²) < 4.78 is 0. The Balaban J connectivity index is 1.64. The van der Waals surface area contributed by atoms with Crippen molar-refractivity contribution in [2.75, 3.05) is 27.2 Å². The fraction of sp³-hybridized carbons (Fsp3) is 0.346. The van der Waals surface area contributed by atoms with Crippen molar-refractivity contribution in [1.82, 2.24) is 15.3 Å². The van der Waals surface area contributed by atoms with Crippen LogP contribution in [0.3, 0.4) is 0 Å². The van der Waals surface area contributed by atoms with E-state index in [0.29, 0.717) is 6.54 Å². The lowest BCUT2D eigenvalue weighted by molar-refractivity contribution is 0.361. The van der Waals surface area contributed by atoms with E-state index in [1.54, 1.807) is 0 Å². The van der Waals surface area contributed by atoms with Crippen LogP contribution in [0.5, 0.6) is 0 Å². The van der Waals surface area contributed by atoms with Gasteiger partial charge in [-0.2, -0.15) is 0 Å². The van der Waals surface area contributed by atoms with Gasteiger partial charge < -0.3 is 5.73 Å². The molecule has 30 heavy (non-hydrogen) atoms. The molecule has 0 aromatic heterocycles. The molecule has 0 saturated heterocycles. The first-order chi connectivity index (χ1) is 14.5. The summed E-state index contributed by atoms with van der Waals surface area (Å²) >= 11 is 0. The minimum Gasteiger partial charge on any atom is -0.400 e. The molecular weight excluding hydrogens is 368 g/mol. The first kappa shape index (κ1) is 21.7. The van der Waals surface area contributed by atoms with E-state index in [-0.39, 0.29) is 0 Å². The number of nitrogens with two attached hydrogens (primary N) is 1. The van der Waals surface area contributed by atoms with Gasteiger partial charge in [0.2, 0.25) is 0 Å². The molecule has 1 fully saturated rings. The van der Waals surface area contributed by atoms with Crippen molar-refractivity contribution in [3.8, 4) is 11.8 Å². The number of likely N-dealkylation sites (N-methyl/N-ethyl adjacent to an activating group) is 1. The molecule has 3 aliphatic rings. The van der Waals surface area contributed by atoms with Crippen molar-refractivity contribution < 1.29 is 0 Å². The van der Waals surface area contributed by atoms with Gasteiger partial charge in [-0.3, -0.25) is 9.91 Å². The lowest BCUT2D eigenvalue weighted by Crippen LogP contribution is -2.33. The molecule has 0 radical (unpaired) electrons. The van der Waals surface area contributed by atoms with Crippen molar-refractivity contribution in [2.24, 2.45) is 5.73 Å². The highest BCUT2D eigenvalue weighted by Gasteiger charge is 2.13. The third-order valence-corrected chi connectivity index (χ3v) is 4.99. The maximum atomic E-state index is 6.39. The summed E-state index contributed by atoms with van der Waals surface area (Å²) in [5.41, 5.74) is 19.9. The summed E-state index contributed by atoms with van der Waals surface area (Å²) in [5, 5.41) is 1.94. The average molecular weight is 401 g/mol. The van der Waals surface area contributed by atoms with Crippen LogP contribution in [0, 0.1) is 11.8 Å². The van der Waals surface area contributed by atoms with Crippen LogP contribution in [-0.2, 0) is 0 Å². The van der Waals surface area contributed by atoms with E-state index in [2.05, 4.69) is 78.3 Å². The van der Waals surface area contributed by atoms with Crippen LogP contribution in [0.1, 0.15) is 32.6 Å². The number of nitrogens with one attached hydrogen (secondary N) is 1. The number of allylic oxidation sites excluding steroid dienone is 8. The minimum absolute atomic E-state index is 0.671. The molecule has 3 N–H and O–H groups in total. The summed E-state index contributed by atoms with van der Waals surface area (Å²) in [6.45, 7) is 3.62. The fourth-order valence-corrected chi connectivity index (χ4v) is 3.41. The summed E-state index contributed by atoms with van der Waals surface area (Å²) in [4.78, 5) is 2.21. The highest BCUT2D eigenvalue weighted by atomic mass is 15.5. The van der Waals surface area contributed by atoms with Crippen LogP contribution in [-0.4, -0.2) is 37.1 Å². The molecule has 4 nitrogen and oxygen atoms in total. The number of hydrazine groups is 1. The Kier molecular flexibility index (Phi) is 7.76. The van der Waals surface area contributed by atoms with Gasteiger partial charge in [0.25, 0.3) is 0 Å². The Morgan fingerprint density at radius 2 is 2.07 bits per heavy atom. The molecule has 3 rings (SSSR count). The van der Waals surface area contributed by atoms with E-state index in [4.69, 9.17) is 5.73 Å². The van der Waals surface area contributed by atoms with Crippen LogP contribution >= 0.6 is 0 Å². The van der Waals surface area contributed by atoms with Gasteiger partial charge in [0.05, 0.1) is 0 Å². The van der Waals surface area contributed by atoms with E-state index in [1.807, 2.05) is 24.3 Å². The predicted octanol–water partition coefficient (Wildman–Crippen LogP) is 4.08. The van der Waals surface area contributed by atoms with Crippen molar-refractivity contribution in [2.45, 2.75) is 32.6 Å². The van der Waals surface area contributed by atoms with Crippen molar-refractivity contribution in [1.29, 1.82) is 0 Å². The Labute approximate surface area is 181 Å². The molecule has 3 aliphatic carbocycles. The largest absolute Gasteiger partial charge is 0.400 e. The smallest absolute Gasteiger partial charge is 0.102 e. The maximum absolute atomic E-state index is 6.39. The van der Waals surface area contributed by atoms with Gasteiger partial charge in [0.1, 0.15) is 5.70 Å². The number of hydrogen-bond donors (Lipinski definition) is 2. The lowest BCUT2D eigenvalue weighted by Gasteiger charge is -2.24. The van der Waals surface area contributed by atoms with E-state index < -0.39 is 0 Å². The fourth-order valence-electron chi connectivity index (χ4n) is 3.41. The van der Waals surface area contributed by atoms with Crippen LogP contribution in [0.2, 0.25) is 0 Å². The van der Waals surface area contributed by atoms with E-state index in [1.165, 1.54) is 29.6 Å². The number of nitrogens with zero attached hydrogens (tertiary/aromatic N) is 2. The third-order valence-electron chi connectivity index (χ3n) is 4.99. The van der Waals surface area contributed by atoms with Gasteiger partial charge in [0, 0.05) is 44.9 Å². The van der Waals surface area contributed by atoms with Crippen molar-refractivity contribution >= 4 is 0 Å². The quantitative estimate of drug-likeness (QED) is 0.366. The van der Waals surface area contributed by atoms with E-state index in [9.17, 15) is 0 Å². The van der Waals surface area contributed by atoms with Crippen LogP contribution in [0.4, 0.5) is 0 Å². The predicted molar refractivity (Wildman–Crippen MR) is 126 cm³/mol. The Morgan fingerprint density at radius 3 is 2.83 bits per heavy atom. The number of rotatable bonds is 8. The average Bonchev–Trinajstić information content (AvgIpc) is 3.50. The summed E-state index contributed by atoms with van der Waals surface area (Å²) in [6.07, 6.45) is 21.1. The zero-order valence-corrected chi connectivity index (χ0v) is 18.3. The molecule has 0 bridgehead atoms. The Bertz CT molecular complexity index is 960. The van der Waals surface area contributed by atoms with Crippen LogP contribution in [0.25, 0.3) is 0 Å². The molecule has 0 atom stereocenters. The van der Waals surface area contributed by atoms with Gasteiger partial charge in [-0.1, -0.05) is 47.4 Å². The summed E-state index contributed by atoms with van der Waals surface area (Å²) in [6, 6.07) is 0. The summed E-state index contributed by atoms with van der Waals surface area (Å²) in [5.74, 6) is 6.27. The second-order valence-corrected chi connectivity index (χ2v) is 7.87. The molecule has 0 aliphatic heterocycles. The molecule has 0 aromatic rings. The van der Waals surface area contributed by atoms with Gasteiger partial charge in [-0.15, -0.1) is 0 Å². The van der Waals surface area contributed by atoms with Crippen molar-refractivity contribution in [3.63, 3.8) is 0 Å². The summed E-state index contributed by atoms with van der Waals surface area (Å²) in [7, 11) is 3.98. The lowest BCUT2D eigenvalue weighted by atomic mass is 10.1. The van der Waals surface area contributed by atoms with Gasteiger partial charge >= 0.3 is 0 Å². The molecular formula is C26H32N4. The minimum atomic E-state index is 0.671. The SMILES string of the molecule is CNN(/C=C(\N)CN(C)CC1=C/CC#CC/C=C\1)C1=C=CC=C(C=C2CC2)C=C1C. The second-order valence-electron chi connectivity index (χ2n) is 7.87. The molecule has 156 valence electrons. The third kappa shape index (κ3) is 6.83. The monoisotopic (exact) mass is 400 g/mol. The maximum Gasteiger partial charge on any atom is 0.102 e. The number of hydrogen-bond acceptors (Lipinski definition) is 4. The highest BCUT2D eigenvalue weighted by Crippen LogP contribution is 2.30. The van der Waals surface area contributed by atoms with Crippen LogP contribution in [0.15, 0.2) is 88.1 Å². The second kappa shape index (κ2) is 10.7. The molecule has 0 unspecified atom stereocenters. The first-order valence-electron chi connectivity index (χ1n) is 10.5. The molecule has 0 aromatic carbocycles. The topological polar surface area (TPSA) is 44.5 Å². The first-order valence-corrected chi connectivity index (χ1v) is 10.5. The van der Waals surface area contributed by atoms with Gasteiger partial charge in [0.15, 0.2) is 0 Å². The van der Waals surface area contributed by atoms with E-state index >= 15 is 0 Å². The zero-order valence-electron chi connectivity index (χ0n) is 18.3. The standard InChI is InChI=1S/C26H32N4/c1-21-16-24(17-22-14-15-22)12-9-13-26(21)30(28-2)20-25(27)19-29(3)18-23-10-7-5-4-6-8-11-23/h7,9-12,16-17,20,28H,5,8,14-15,18-19,27H2,1-3H3/b10-7-,23-11+,25-20-. The molecule has 4 heteroatoms. The van der Waals surface area contributed by atoms with Crippen molar-refractivity contribution in [3.05, 3.63) is 88.1 Å². The Morgan fingerprint density at radius 1 is 1.27 bits per heavy atom. The highest BCUT2D eigenvalue weighted by molar-refractivity contribution is 5.47. The Hall–Kier alpha value is -2.96. The molecule has 0 spiro atoms. The zero-order chi connectivity index (χ0) is 21.3. The van der Waals surface area contributed by atoms with Crippen LogP contribution < -0.4 is 11.2 Å². The molecule has 0 amide bonds.